The van der Waals surface area contributed by atoms with Crippen LogP contribution in [-0.4, -0.2) is 44.6 Å². The van der Waals surface area contributed by atoms with E-state index in [-0.39, 0.29) is 30.2 Å². The molecular weight excluding hydrogens is 438 g/mol. The summed E-state index contributed by atoms with van der Waals surface area (Å²) in [5, 5.41) is 20.5. The second kappa shape index (κ2) is 9.60. The number of rotatable bonds is 8. The molecule has 33 heavy (non-hydrogen) atoms. The van der Waals surface area contributed by atoms with Gasteiger partial charge in [0.15, 0.2) is 0 Å². The lowest BCUT2D eigenvalue weighted by Gasteiger charge is -2.25. The molecule has 5 rings (SSSR count). The number of fused-ring (bicyclic) bond motifs is 2. The fraction of sp³-hybridized carbons (Fsp3) is 0.500. The van der Waals surface area contributed by atoms with Crippen molar-refractivity contribution in [3.05, 3.63) is 54.0 Å². The van der Waals surface area contributed by atoms with Crippen molar-refractivity contribution in [3.8, 4) is 0 Å². The summed E-state index contributed by atoms with van der Waals surface area (Å²) in [6, 6.07) is 10.7. The summed E-state index contributed by atoms with van der Waals surface area (Å²) >= 11 is 0.850. The van der Waals surface area contributed by atoms with Crippen molar-refractivity contribution >= 4 is 29.1 Å². The van der Waals surface area contributed by atoms with Crippen molar-refractivity contribution in [1.29, 1.82) is 0 Å². The second-order valence-corrected chi connectivity index (χ2v) is 9.69. The number of aliphatic hydroxyl groups is 1. The number of hydrogen-bond acceptors (Lipinski definition) is 8. The highest BCUT2D eigenvalue weighted by Crippen LogP contribution is 2.40. The Balaban J connectivity index is 1.42. The summed E-state index contributed by atoms with van der Waals surface area (Å²) in [6.45, 7) is 4.59. The molecule has 176 valence electrons. The molecule has 2 aliphatic carbocycles. The molecule has 4 N–H and O–H groups in total. The van der Waals surface area contributed by atoms with Crippen LogP contribution in [0.25, 0.3) is 11.0 Å². The normalized spacial score (nSPS) is 26.9. The molecule has 8 nitrogen and oxygen atoms in total. The van der Waals surface area contributed by atoms with Gasteiger partial charge in [0.05, 0.1) is 48.6 Å². The van der Waals surface area contributed by atoms with E-state index in [2.05, 4.69) is 64.0 Å². The minimum atomic E-state index is -0.414. The SMILES string of the molecule is CC(C)O[C@H]1Cc2ccccc2[C@H]1Nc1ncnc2c1ccn2[C@@H]1C[C@@H](COSN)[C@@H](O)C1. The lowest BCUT2D eigenvalue weighted by Crippen LogP contribution is -2.27. The Kier molecular flexibility index (Phi) is 6.58. The maximum Gasteiger partial charge on any atom is 0.145 e. The van der Waals surface area contributed by atoms with Crippen LogP contribution < -0.4 is 10.5 Å². The minimum Gasteiger partial charge on any atom is -0.393 e. The molecular formula is C24H31N5O3S. The summed E-state index contributed by atoms with van der Waals surface area (Å²) < 4.78 is 13.7. The van der Waals surface area contributed by atoms with E-state index in [1.165, 1.54) is 11.1 Å². The van der Waals surface area contributed by atoms with E-state index < -0.39 is 6.10 Å². The predicted octanol–water partition coefficient (Wildman–Crippen LogP) is 3.78. The van der Waals surface area contributed by atoms with Gasteiger partial charge in [-0.05, 0) is 43.9 Å². The van der Waals surface area contributed by atoms with Crippen molar-refractivity contribution in [2.24, 2.45) is 11.1 Å². The minimum absolute atomic E-state index is 0.0219. The van der Waals surface area contributed by atoms with Gasteiger partial charge in [0.25, 0.3) is 0 Å². The molecule has 0 unspecified atom stereocenters. The first-order valence-electron chi connectivity index (χ1n) is 11.5. The van der Waals surface area contributed by atoms with Gasteiger partial charge in [0.1, 0.15) is 17.8 Å². The molecule has 0 amide bonds. The third-order valence-electron chi connectivity index (χ3n) is 6.81. The maximum absolute atomic E-state index is 10.5. The number of hydrogen-bond donors (Lipinski definition) is 3. The van der Waals surface area contributed by atoms with E-state index in [0.717, 1.165) is 41.9 Å². The predicted molar refractivity (Wildman–Crippen MR) is 130 cm³/mol. The first-order valence-corrected chi connectivity index (χ1v) is 12.3. The Bertz CT molecular complexity index is 1110. The summed E-state index contributed by atoms with van der Waals surface area (Å²) in [7, 11) is 0. The molecule has 0 saturated heterocycles. The van der Waals surface area contributed by atoms with E-state index >= 15 is 0 Å². The van der Waals surface area contributed by atoms with Crippen LogP contribution >= 0.6 is 12.2 Å². The van der Waals surface area contributed by atoms with E-state index in [9.17, 15) is 5.11 Å². The van der Waals surface area contributed by atoms with Gasteiger partial charge in [0.2, 0.25) is 0 Å². The fourth-order valence-corrected chi connectivity index (χ4v) is 5.59. The third kappa shape index (κ3) is 4.48. The number of nitrogens with two attached hydrogens (primary N) is 1. The van der Waals surface area contributed by atoms with Crippen LogP contribution in [0.5, 0.6) is 0 Å². The standard InChI is InChI=1S/C24H31N5O3S/c1-14(2)32-21-10-15-5-3-4-6-18(15)22(21)28-23-19-7-8-29(24(19)27-13-26-23)17-9-16(12-31-33-25)20(30)11-17/h3-8,13-14,16-17,20-22,30H,9-12,25H2,1-2H3,(H,26,27,28)/t16-,17+,20-,21-,22+/m0/s1. The zero-order chi connectivity index (χ0) is 22.9. The lowest BCUT2D eigenvalue weighted by molar-refractivity contribution is 0.00375. The van der Waals surface area contributed by atoms with Crippen LogP contribution in [0.2, 0.25) is 0 Å². The van der Waals surface area contributed by atoms with Crippen molar-refractivity contribution in [1.82, 2.24) is 14.5 Å². The highest BCUT2D eigenvalue weighted by molar-refractivity contribution is 7.92. The number of benzene rings is 1. The molecule has 0 spiro atoms. The van der Waals surface area contributed by atoms with Crippen LogP contribution in [0.4, 0.5) is 5.82 Å². The van der Waals surface area contributed by atoms with Gasteiger partial charge >= 0.3 is 0 Å². The van der Waals surface area contributed by atoms with Crippen molar-refractivity contribution in [2.45, 2.75) is 63.5 Å². The topological polar surface area (TPSA) is 107 Å². The molecule has 3 aromatic rings. The van der Waals surface area contributed by atoms with E-state index in [0.29, 0.717) is 13.0 Å². The van der Waals surface area contributed by atoms with E-state index in [1.807, 2.05) is 6.20 Å². The van der Waals surface area contributed by atoms with Crippen LogP contribution in [0.15, 0.2) is 42.9 Å². The second-order valence-electron chi connectivity index (χ2n) is 9.26. The quantitative estimate of drug-likeness (QED) is 0.338. The summed E-state index contributed by atoms with van der Waals surface area (Å²) in [4.78, 5) is 9.18. The van der Waals surface area contributed by atoms with Crippen LogP contribution in [0.3, 0.4) is 0 Å². The number of nitrogens with one attached hydrogen (secondary N) is 1. The smallest absolute Gasteiger partial charge is 0.145 e. The number of anilines is 1. The van der Waals surface area contributed by atoms with Gasteiger partial charge in [-0.15, -0.1) is 0 Å². The summed E-state index contributed by atoms with van der Waals surface area (Å²) in [5.41, 5.74) is 3.44. The van der Waals surface area contributed by atoms with Crippen molar-refractivity contribution < 1.29 is 14.0 Å². The number of aliphatic hydroxyl groups excluding tert-OH is 1. The molecule has 1 aromatic carbocycles. The first-order chi connectivity index (χ1) is 16.0. The number of aromatic nitrogens is 3. The first kappa shape index (κ1) is 22.6. The fourth-order valence-electron chi connectivity index (χ4n) is 5.34. The Morgan fingerprint density at radius 2 is 2.09 bits per heavy atom. The molecule has 1 fully saturated rings. The highest BCUT2D eigenvalue weighted by Gasteiger charge is 2.36. The highest BCUT2D eigenvalue weighted by atomic mass is 32.2. The monoisotopic (exact) mass is 469 g/mol. The van der Waals surface area contributed by atoms with E-state index in [4.69, 9.17) is 14.1 Å². The molecule has 0 radical (unpaired) electrons. The van der Waals surface area contributed by atoms with Crippen LogP contribution in [0, 0.1) is 5.92 Å². The number of ether oxygens (including phenoxy) is 1. The van der Waals surface area contributed by atoms with Crippen molar-refractivity contribution in [2.75, 3.05) is 11.9 Å². The maximum atomic E-state index is 10.5. The van der Waals surface area contributed by atoms with E-state index in [1.54, 1.807) is 6.33 Å². The van der Waals surface area contributed by atoms with Gasteiger partial charge in [-0.25, -0.2) is 9.97 Å². The molecule has 2 aliphatic rings. The molecule has 9 heteroatoms. The summed E-state index contributed by atoms with van der Waals surface area (Å²) in [6.07, 6.45) is 5.79. The largest absolute Gasteiger partial charge is 0.393 e. The third-order valence-corrected chi connectivity index (χ3v) is 7.08. The number of nitrogens with zero attached hydrogens (tertiary/aromatic N) is 3. The Morgan fingerprint density at radius 1 is 1.24 bits per heavy atom. The van der Waals surface area contributed by atoms with Crippen LogP contribution in [0.1, 0.15) is 49.9 Å². The molecule has 5 atom stereocenters. The zero-order valence-corrected chi connectivity index (χ0v) is 19.7. The molecule has 2 heterocycles. The Morgan fingerprint density at radius 3 is 2.91 bits per heavy atom. The molecule has 1 saturated carbocycles. The van der Waals surface area contributed by atoms with Gasteiger partial charge < -0.3 is 23.9 Å². The van der Waals surface area contributed by atoms with Gasteiger partial charge in [-0.3, -0.25) is 5.14 Å². The Labute approximate surface area is 198 Å². The lowest BCUT2D eigenvalue weighted by atomic mass is 10.1. The average molecular weight is 470 g/mol. The average Bonchev–Trinajstić information content (AvgIpc) is 3.48. The molecule has 0 aliphatic heterocycles. The van der Waals surface area contributed by atoms with Crippen LogP contribution in [-0.2, 0) is 15.3 Å². The Hall–Kier alpha value is -2.17. The van der Waals surface area contributed by atoms with Gasteiger partial charge in [-0.2, -0.15) is 0 Å². The molecule has 0 bridgehead atoms. The van der Waals surface area contributed by atoms with Gasteiger partial charge in [0, 0.05) is 24.6 Å². The molecule has 2 aromatic heterocycles. The summed E-state index contributed by atoms with van der Waals surface area (Å²) in [5.74, 6) is 0.864. The van der Waals surface area contributed by atoms with Gasteiger partial charge in [-0.1, -0.05) is 24.3 Å². The zero-order valence-electron chi connectivity index (χ0n) is 18.9. The van der Waals surface area contributed by atoms with Crippen molar-refractivity contribution in [3.63, 3.8) is 0 Å².